The number of nitrogens with one attached hydrogen (secondary N) is 2. The Morgan fingerprint density at radius 3 is 2.62 bits per heavy atom. The van der Waals surface area contributed by atoms with Crippen molar-refractivity contribution in [2.45, 2.75) is 63.1 Å². The van der Waals surface area contributed by atoms with Gasteiger partial charge in [-0.05, 0) is 37.8 Å². The standard InChI is InChI=1S/C22H30N4O3/c27-19(16-26-20(28)22(24-21(26)29)11-5-2-6-12-22)23-18-10-7-13-25(15-18)14-17-8-3-1-4-9-17/h1,3-4,8-9,18H,2,5-7,10-16H2,(H,23,27)(H,24,29). The van der Waals surface area contributed by atoms with Crippen molar-refractivity contribution in [3.63, 3.8) is 0 Å². The summed E-state index contributed by atoms with van der Waals surface area (Å²) in [5.74, 6) is -0.486. The molecule has 1 saturated carbocycles. The second-order valence-corrected chi connectivity index (χ2v) is 8.59. The molecule has 3 fully saturated rings. The zero-order chi connectivity index (χ0) is 20.3. The summed E-state index contributed by atoms with van der Waals surface area (Å²) in [7, 11) is 0. The Balaban J connectivity index is 1.30. The molecule has 0 bridgehead atoms. The maximum absolute atomic E-state index is 12.8. The topological polar surface area (TPSA) is 81.8 Å². The van der Waals surface area contributed by atoms with Crippen molar-refractivity contribution in [3.8, 4) is 0 Å². The van der Waals surface area contributed by atoms with Gasteiger partial charge in [-0.2, -0.15) is 0 Å². The summed E-state index contributed by atoms with van der Waals surface area (Å²) in [6.45, 7) is 2.46. The smallest absolute Gasteiger partial charge is 0.325 e. The predicted molar refractivity (Wildman–Crippen MR) is 109 cm³/mol. The molecule has 1 spiro atoms. The van der Waals surface area contributed by atoms with E-state index in [1.165, 1.54) is 5.56 Å². The summed E-state index contributed by atoms with van der Waals surface area (Å²) in [5.41, 5.74) is 0.490. The summed E-state index contributed by atoms with van der Waals surface area (Å²) in [6, 6.07) is 9.93. The Morgan fingerprint density at radius 2 is 1.86 bits per heavy atom. The minimum Gasteiger partial charge on any atom is -0.351 e. The van der Waals surface area contributed by atoms with Crippen LogP contribution < -0.4 is 10.6 Å². The third kappa shape index (κ3) is 4.45. The lowest BCUT2D eigenvalue weighted by molar-refractivity contribution is -0.136. The first-order valence-electron chi connectivity index (χ1n) is 10.8. The third-order valence-corrected chi connectivity index (χ3v) is 6.37. The molecule has 1 aromatic carbocycles. The molecule has 4 amide bonds. The molecule has 1 aromatic rings. The first-order chi connectivity index (χ1) is 14.1. The van der Waals surface area contributed by atoms with E-state index in [-0.39, 0.29) is 24.4 Å². The molecule has 2 N–H and O–H groups in total. The Morgan fingerprint density at radius 1 is 1.10 bits per heavy atom. The molecule has 1 aliphatic carbocycles. The zero-order valence-corrected chi connectivity index (χ0v) is 16.9. The van der Waals surface area contributed by atoms with Gasteiger partial charge in [-0.15, -0.1) is 0 Å². The summed E-state index contributed by atoms with van der Waals surface area (Å²) in [5, 5.41) is 5.90. The van der Waals surface area contributed by atoms with Gasteiger partial charge >= 0.3 is 6.03 Å². The van der Waals surface area contributed by atoms with E-state index in [2.05, 4.69) is 27.7 Å². The van der Waals surface area contributed by atoms with Gasteiger partial charge < -0.3 is 10.6 Å². The van der Waals surface area contributed by atoms with Gasteiger partial charge in [-0.3, -0.25) is 19.4 Å². The highest BCUT2D eigenvalue weighted by Gasteiger charge is 2.51. The number of likely N-dealkylation sites (tertiary alicyclic amines) is 1. The van der Waals surface area contributed by atoms with Crippen molar-refractivity contribution < 1.29 is 14.4 Å². The Bertz CT molecular complexity index is 761. The van der Waals surface area contributed by atoms with Crippen LogP contribution in [0.4, 0.5) is 4.79 Å². The fourth-order valence-corrected chi connectivity index (χ4v) is 4.89. The molecule has 4 rings (SSSR count). The normalized spacial score (nSPS) is 24.6. The molecule has 29 heavy (non-hydrogen) atoms. The van der Waals surface area contributed by atoms with Crippen molar-refractivity contribution in [2.24, 2.45) is 0 Å². The van der Waals surface area contributed by atoms with Gasteiger partial charge in [0.15, 0.2) is 0 Å². The lowest BCUT2D eigenvalue weighted by Crippen LogP contribution is -2.51. The average molecular weight is 399 g/mol. The van der Waals surface area contributed by atoms with Crippen molar-refractivity contribution >= 4 is 17.8 Å². The van der Waals surface area contributed by atoms with E-state index >= 15 is 0 Å². The lowest BCUT2D eigenvalue weighted by atomic mass is 9.82. The quantitative estimate of drug-likeness (QED) is 0.744. The van der Waals surface area contributed by atoms with Crippen LogP contribution >= 0.6 is 0 Å². The van der Waals surface area contributed by atoms with Crippen LogP contribution in [0, 0.1) is 0 Å². The van der Waals surface area contributed by atoms with Crippen molar-refractivity contribution in [1.82, 2.24) is 20.4 Å². The number of urea groups is 1. The van der Waals surface area contributed by atoms with Gasteiger partial charge in [0.2, 0.25) is 5.91 Å². The Hall–Kier alpha value is -2.41. The van der Waals surface area contributed by atoms with E-state index in [1.54, 1.807) is 0 Å². The second-order valence-electron chi connectivity index (χ2n) is 8.59. The number of imide groups is 1. The van der Waals surface area contributed by atoms with Crippen LogP contribution in [0.25, 0.3) is 0 Å². The van der Waals surface area contributed by atoms with E-state index < -0.39 is 11.6 Å². The summed E-state index contributed by atoms with van der Waals surface area (Å²) < 4.78 is 0. The second kappa shape index (κ2) is 8.53. The molecule has 2 heterocycles. The molecule has 156 valence electrons. The van der Waals surface area contributed by atoms with Crippen LogP contribution in [-0.4, -0.2) is 58.9 Å². The van der Waals surface area contributed by atoms with E-state index in [9.17, 15) is 14.4 Å². The molecule has 3 aliphatic rings. The number of rotatable bonds is 5. The fraction of sp³-hybridized carbons (Fsp3) is 0.591. The van der Waals surface area contributed by atoms with Crippen molar-refractivity contribution in [2.75, 3.05) is 19.6 Å². The van der Waals surface area contributed by atoms with Gasteiger partial charge in [0.05, 0.1) is 0 Å². The Kier molecular flexibility index (Phi) is 5.85. The Labute approximate surface area is 171 Å². The summed E-state index contributed by atoms with van der Waals surface area (Å²) in [6.07, 6.45) is 6.24. The van der Waals surface area contributed by atoms with Gasteiger partial charge in [0.25, 0.3) is 5.91 Å². The van der Waals surface area contributed by atoms with Crippen LogP contribution in [0.2, 0.25) is 0 Å². The number of hydrogen-bond acceptors (Lipinski definition) is 4. The van der Waals surface area contributed by atoms with E-state index in [1.807, 2.05) is 18.2 Å². The molecular weight excluding hydrogens is 368 g/mol. The summed E-state index contributed by atoms with van der Waals surface area (Å²) >= 11 is 0. The molecule has 1 unspecified atom stereocenters. The lowest BCUT2D eigenvalue weighted by Gasteiger charge is -2.33. The minimum atomic E-state index is -0.771. The zero-order valence-electron chi connectivity index (χ0n) is 16.9. The number of benzene rings is 1. The molecule has 7 heteroatoms. The van der Waals surface area contributed by atoms with Gasteiger partial charge in [-0.25, -0.2) is 4.79 Å². The minimum absolute atomic E-state index is 0.0457. The molecule has 0 aromatic heterocycles. The SMILES string of the molecule is O=C(CN1C(=O)NC2(CCCCC2)C1=O)NC1CCCN(Cc2ccccc2)C1. The molecule has 7 nitrogen and oxygen atoms in total. The van der Waals surface area contributed by atoms with Crippen molar-refractivity contribution in [3.05, 3.63) is 35.9 Å². The molecular formula is C22H30N4O3. The van der Waals surface area contributed by atoms with Crippen LogP contribution in [0.3, 0.4) is 0 Å². The van der Waals surface area contributed by atoms with E-state index in [0.29, 0.717) is 12.8 Å². The summed E-state index contributed by atoms with van der Waals surface area (Å²) in [4.78, 5) is 41.2. The van der Waals surface area contributed by atoms with Crippen LogP contribution in [0.1, 0.15) is 50.5 Å². The molecule has 2 aliphatic heterocycles. The maximum Gasteiger partial charge on any atom is 0.325 e. The third-order valence-electron chi connectivity index (χ3n) is 6.37. The van der Waals surface area contributed by atoms with Crippen LogP contribution in [0.5, 0.6) is 0 Å². The van der Waals surface area contributed by atoms with Crippen LogP contribution in [0.15, 0.2) is 30.3 Å². The number of piperidine rings is 1. The fourth-order valence-electron chi connectivity index (χ4n) is 4.89. The monoisotopic (exact) mass is 398 g/mol. The first kappa shape index (κ1) is 19.9. The predicted octanol–water partition coefficient (Wildman–Crippen LogP) is 2.02. The molecule has 2 saturated heterocycles. The van der Waals surface area contributed by atoms with Crippen LogP contribution in [-0.2, 0) is 16.1 Å². The average Bonchev–Trinajstić information content (AvgIpc) is 2.93. The highest BCUT2D eigenvalue weighted by molar-refractivity contribution is 6.09. The number of nitrogens with zero attached hydrogens (tertiary/aromatic N) is 2. The maximum atomic E-state index is 12.8. The van der Waals surface area contributed by atoms with Gasteiger partial charge in [0.1, 0.15) is 12.1 Å². The first-order valence-corrected chi connectivity index (χ1v) is 10.8. The number of hydrogen-bond donors (Lipinski definition) is 2. The van der Waals surface area contributed by atoms with E-state index in [4.69, 9.17) is 0 Å². The number of carbonyl (C=O) groups is 3. The highest BCUT2D eigenvalue weighted by atomic mass is 16.2. The van der Waals surface area contributed by atoms with Crippen molar-refractivity contribution in [1.29, 1.82) is 0 Å². The molecule has 1 atom stereocenters. The number of carbonyl (C=O) groups excluding carboxylic acids is 3. The van der Waals surface area contributed by atoms with E-state index in [0.717, 1.165) is 56.6 Å². The largest absolute Gasteiger partial charge is 0.351 e. The number of amides is 4. The van der Waals surface area contributed by atoms with Gasteiger partial charge in [-0.1, -0.05) is 49.6 Å². The molecule has 0 radical (unpaired) electrons. The highest BCUT2D eigenvalue weighted by Crippen LogP contribution is 2.33. The van der Waals surface area contributed by atoms with Gasteiger partial charge in [0, 0.05) is 19.1 Å².